The zero-order valence-corrected chi connectivity index (χ0v) is 16.4. The van der Waals surface area contributed by atoms with Crippen LogP contribution in [-0.2, 0) is 6.54 Å². The van der Waals surface area contributed by atoms with Gasteiger partial charge in [0.1, 0.15) is 16.5 Å². The molecule has 4 rings (SSSR count). The molecule has 2 heterocycles. The van der Waals surface area contributed by atoms with Gasteiger partial charge in [0.15, 0.2) is 0 Å². The van der Waals surface area contributed by atoms with Gasteiger partial charge < -0.3 is 10.1 Å². The van der Waals surface area contributed by atoms with Gasteiger partial charge in [0, 0.05) is 23.7 Å². The molecule has 6 nitrogen and oxygen atoms in total. The van der Waals surface area contributed by atoms with Crippen molar-refractivity contribution in [1.29, 1.82) is 0 Å². The molecule has 0 radical (unpaired) electrons. The number of nitrogens with zero attached hydrogens (tertiary/aromatic N) is 3. The van der Waals surface area contributed by atoms with Gasteiger partial charge in [-0.05, 0) is 29.8 Å². The van der Waals surface area contributed by atoms with E-state index in [2.05, 4.69) is 20.1 Å². The number of nitrogens with one attached hydrogen (secondary N) is 1. The van der Waals surface area contributed by atoms with Crippen LogP contribution >= 0.6 is 11.3 Å². The monoisotopic (exact) mass is 426 g/mol. The van der Waals surface area contributed by atoms with E-state index in [1.807, 2.05) is 36.5 Å². The number of halogens is 2. The number of carbonyl (C=O) groups excluding carboxylic acids is 1. The minimum absolute atomic E-state index is 0.0697. The molecule has 9 heteroatoms. The van der Waals surface area contributed by atoms with Crippen molar-refractivity contribution >= 4 is 17.2 Å². The molecule has 0 bridgehead atoms. The number of aromatic nitrogens is 3. The van der Waals surface area contributed by atoms with E-state index in [1.54, 1.807) is 28.4 Å². The third kappa shape index (κ3) is 4.69. The fraction of sp³-hybridized carbons (Fsp3) is 0.0952. The molecule has 0 saturated heterocycles. The molecule has 4 aromatic rings. The number of ether oxygens (including phenoxy) is 1. The van der Waals surface area contributed by atoms with Crippen molar-refractivity contribution in [3.8, 4) is 22.0 Å². The van der Waals surface area contributed by atoms with E-state index in [0.717, 1.165) is 16.8 Å². The summed E-state index contributed by atoms with van der Waals surface area (Å²) in [5.74, 6) is -0.249. The minimum Gasteiger partial charge on any atom is -0.435 e. The molecule has 0 aliphatic carbocycles. The first-order chi connectivity index (χ1) is 14.6. The van der Waals surface area contributed by atoms with Crippen molar-refractivity contribution in [1.82, 2.24) is 20.1 Å². The van der Waals surface area contributed by atoms with Crippen LogP contribution in [0.5, 0.6) is 5.75 Å². The number of hydrogen-bond donors (Lipinski definition) is 1. The van der Waals surface area contributed by atoms with Crippen LogP contribution < -0.4 is 10.1 Å². The van der Waals surface area contributed by atoms with Crippen LogP contribution in [0.3, 0.4) is 0 Å². The van der Waals surface area contributed by atoms with Gasteiger partial charge in [-0.25, -0.2) is 9.67 Å². The minimum atomic E-state index is -2.87. The first-order valence-electron chi connectivity index (χ1n) is 8.96. The second-order valence-corrected chi connectivity index (χ2v) is 7.11. The van der Waals surface area contributed by atoms with Gasteiger partial charge in [-0.2, -0.15) is 13.9 Å². The van der Waals surface area contributed by atoms with Crippen LogP contribution in [0.15, 0.2) is 72.4 Å². The number of rotatable bonds is 7. The van der Waals surface area contributed by atoms with Gasteiger partial charge in [0.25, 0.3) is 5.91 Å². The standard InChI is InChI=1S/C21H16F2N4O2S/c22-21(23)29-17-8-6-14(7-9-17)10-24-19(28)18-13-30-20(26-18)15-11-25-27(12-15)16-4-2-1-3-5-16/h1-9,11-13,21H,10H2,(H,24,28). The SMILES string of the molecule is O=C(NCc1ccc(OC(F)F)cc1)c1csc(-c2cnn(-c3ccccc3)c2)n1. The first kappa shape index (κ1) is 19.7. The normalized spacial score (nSPS) is 10.9. The summed E-state index contributed by atoms with van der Waals surface area (Å²) in [4.78, 5) is 16.8. The zero-order chi connectivity index (χ0) is 20.9. The molecule has 2 aromatic carbocycles. The molecule has 0 fully saturated rings. The number of para-hydroxylation sites is 1. The summed E-state index contributed by atoms with van der Waals surface area (Å²) in [5, 5.41) is 9.49. The highest BCUT2D eigenvalue weighted by Gasteiger charge is 2.13. The van der Waals surface area contributed by atoms with Crippen LogP contribution in [0, 0.1) is 0 Å². The molecule has 1 amide bonds. The fourth-order valence-electron chi connectivity index (χ4n) is 2.73. The number of carbonyl (C=O) groups is 1. The molecule has 1 N–H and O–H groups in total. The van der Waals surface area contributed by atoms with Crippen LogP contribution in [0.25, 0.3) is 16.3 Å². The fourth-order valence-corrected chi connectivity index (χ4v) is 3.50. The lowest BCUT2D eigenvalue weighted by Crippen LogP contribution is -2.23. The van der Waals surface area contributed by atoms with Crippen molar-refractivity contribution < 1.29 is 18.3 Å². The largest absolute Gasteiger partial charge is 0.435 e. The van der Waals surface area contributed by atoms with E-state index in [1.165, 1.54) is 23.5 Å². The highest BCUT2D eigenvalue weighted by Crippen LogP contribution is 2.24. The number of amides is 1. The maximum atomic E-state index is 12.4. The Hall–Kier alpha value is -3.59. The first-order valence-corrected chi connectivity index (χ1v) is 9.84. The highest BCUT2D eigenvalue weighted by molar-refractivity contribution is 7.13. The van der Waals surface area contributed by atoms with E-state index >= 15 is 0 Å². The van der Waals surface area contributed by atoms with Crippen LogP contribution in [0.2, 0.25) is 0 Å². The van der Waals surface area contributed by atoms with Crippen LogP contribution in [0.1, 0.15) is 16.1 Å². The van der Waals surface area contributed by atoms with Gasteiger partial charge in [-0.15, -0.1) is 11.3 Å². The average molecular weight is 426 g/mol. The smallest absolute Gasteiger partial charge is 0.387 e. The summed E-state index contributed by atoms with van der Waals surface area (Å²) in [6.45, 7) is -2.62. The molecule has 2 aromatic heterocycles. The predicted molar refractivity (Wildman–Crippen MR) is 109 cm³/mol. The predicted octanol–water partition coefficient (Wildman–Crippen LogP) is 4.53. The van der Waals surface area contributed by atoms with E-state index in [9.17, 15) is 13.6 Å². The second-order valence-electron chi connectivity index (χ2n) is 6.25. The summed E-state index contributed by atoms with van der Waals surface area (Å²) in [5.41, 5.74) is 2.81. The molecular weight excluding hydrogens is 410 g/mol. The van der Waals surface area contributed by atoms with Crippen LogP contribution in [0.4, 0.5) is 8.78 Å². The summed E-state index contributed by atoms with van der Waals surface area (Å²) >= 11 is 1.36. The molecular formula is C21H16F2N4O2S. The van der Waals surface area contributed by atoms with E-state index < -0.39 is 6.61 Å². The summed E-state index contributed by atoms with van der Waals surface area (Å²) in [7, 11) is 0. The lowest BCUT2D eigenvalue weighted by molar-refractivity contribution is -0.0498. The maximum absolute atomic E-state index is 12.4. The lowest BCUT2D eigenvalue weighted by Gasteiger charge is -2.06. The molecule has 0 unspecified atom stereocenters. The van der Waals surface area contributed by atoms with Gasteiger partial charge >= 0.3 is 6.61 Å². The van der Waals surface area contributed by atoms with Crippen molar-refractivity contribution in [3.05, 3.63) is 83.6 Å². The van der Waals surface area contributed by atoms with E-state index in [-0.39, 0.29) is 18.2 Å². The van der Waals surface area contributed by atoms with Crippen molar-refractivity contribution in [2.45, 2.75) is 13.2 Å². The molecule has 0 atom stereocenters. The lowest BCUT2D eigenvalue weighted by atomic mass is 10.2. The van der Waals surface area contributed by atoms with Gasteiger partial charge in [-0.1, -0.05) is 30.3 Å². The Morgan fingerprint density at radius 1 is 1.13 bits per heavy atom. The van der Waals surface area contributed by atoms with Crippen molar-refractivity contribution in [3.63, 3.8) is 0 Å². The molecule has 30 heavy (non-hydrogen) atoms. The second kappa shape index (κ2) is 8.83. The van der Waals surface area contributed by atoms with Crippen molar-refractivity contribution in [2.24, 2.45) is 0 Å². The third-order valence-electron chi connectivity index (χ3n) is 4.19. The Morgan fingerprint density at radius 3 is 2.63 bits per heavy atom. The van der Waals surface area contributed by atoms with Crippen LogP contribution in [-0.4, -0.2) is 27.3 Å². The Labute approximate surface area is 174 Å². The third-order valence-corrected chi connectivity index (χ3v) is 5.08. The topological polar surface area (TPSA) is 69.0 Å². The van der Waals surface area contributed by atoms with Crippen molar-refractivity contribution in [2.75, 3.05) is 0 Å². The molecule has 0 spiro atoms. The quantitative estimate of drug-likeness (QED) is 0.472. The molecule has 0 aliphatic rings. The Balaban J connectivity index is 1.38. The van der Waals surface area contributed by atoms with E-state index in [0.29, 0.717) is 10.7 Å². The maximum Gasteiger partial charge on any atom is 0.387 e. The Bertz CT molecular complexity index is 1130. The number of benzene rings is 2. The Morgan fingerprint density at radius 2 is 1.90 bits per heavy atom. The summed E-state index contributed by atoms with van der Waals surface area (Å²) in [6, 6.07) is 15.8. The number of hydrogen-bond acceptors (Lipinski definition) is 5. The summed E-state index contributed by atoms with van der Waals surface area (Å²) < 4.78 is 30.4. The zero-order valence-electron chi connectivity index (χ0n) is 15.5. The molecule has 0 saturated carbocycles. The van der Waals surface area contributed by atoms with Gasteiger partial charge in [-0.3, -0.25) is 4.79 Å². The average Bonchev–Trinajstić information content (AvgIpc) is 3.43. The summed E-state index contributed by atoms with van der Waals surface area (Å²) in [6.07, 6.45) is 3.56. The highest BCUT2D eigenvalue weighted by atomic mass is 32.1. The Kier molecular flexibility index (Phi) is 5.80. The van der Waals surface area contributed by atoms with Gasteiger partial charge in [0.05, 0.1) is 11.9 Å². The van der Waals surface area contributed by atoms with E-state index in [4.69, 9.17) is 0 Å². The molecule has 152 valence electrons. The van der Waals surface area contributed by atoms with Gasteiger partial charge in [0.2, 0.25) is 0 Å². The molecule has 0 aliphatic heterocycles. The number of alkyl halides is 2. The number of thiazole rings is 1.